The predicted octanol–water partition coefficient (Wildman–Crippen LogP) is 4.44. The number of anilines is 1. The first kappa shape index (κ1) is 23.5. The summed E-state index contributed by atoms with van der Waals surface area (Å²) in [6.45, 7) is 2.00. The molecular weight excluding hydrogens is 436 g/mol. The van der Waals surface area contributed by atoms with Crippen molar-refractivity contribution in [3.8, 4) is 0 Å². The maximum absolute atomic E-state index is 12.7. The van der Waals surface area contributed by atoms with Gasteiger partial charge in [-0.15, -0.1) is 0 Å². The average Bonchev–Trinajstić information content (AvgIpc) is 3.49. The molecule has 0 bridgehead atoms. The Hall–Kier alpha value is -3.65. The average molecular weight is 465 g/mol. The fourth-order valence-electron chi connectivity index (χ4n) is 4.12. The summed E-state index contributed by atoms with van der Waals surface area (Å²) >= 11 is 0. The Morgan fingerprint density at radius 2 is 1.76 bits per heavy atom. The topological polar surface area (TPSA) is 107 Å². The minimum absolute atomic E-state index is 0.0128. The van der Waals surface area contributed by atoms with Crippen molar-refractivity contribution in [1.29, 1.82) is 0 Å². The van der Waals surface area contributed by atoms with Gasteiger partial charge in [-0.25, -0.2) is 4.79 Å². The number of hydrogen-bond donors (Lipinski definition) is 2. The van der Waals surface area contributed by atoms with Crippen molar-refractivity contribution in [3.63, 3.8) is 0 Å². The Kier molecular flexibility index (Phi) is 7.59. The lowest BCUT2D eigenvalue weighted by Crippen LogP contribution is -2.33. The lowest BCUT2D eigenvalue weighted by Gasteiger charge is -2.15. The van der Waals surface area contributed by atoms with Gasteiger partial charge in [-0.2, -0.15) is 0 Å². The zero-order valence-electron chi connectivity index (χ0n) is 19.1. The van der Waals surface area contributed by atoms with Gasteiger partial charge in [-0.1, -0.05) is 43.2 Å². The molecule has 2 N–H and O–H groups in total. The number of ether oxygens (including phenoxy) is 2. The zero-order valence-corrected chi connectivity index (χ0v) is 19.1. The molecule has 0 unspecified atom stereocenters. The highest BCUT2D eigenvalue weighted by Crippen LogP contribution is 2.27. The summed E-state index contributed by atoms with van der Waals surface area (Å²) < 4.78 is 16.4. The van der Waals surface area contributed by atoms with Crippen LogP contribution in [-0.2, 0) is 20.9 Å². The van der Waals surface area contributed by atoms with Crippen LogP contribution in [0, 0.1) is 0 Å². The van der Waals surface area contributed by atoms with Crippen LogP contribution in [0.4, 0.5) is 5.69 Å². The van der Waals surface area contributed by atoms with E-state index in [-0.39, 0.29) is 24.3 Å². The van der Waals surface area contributed by atoms with Gasteiger partial charge in [0.2, 0.25) is 5.76 Å². The monoisotopic (exact) mass is 464 g/mol. The lowest BCUT2D eigenvalue weighted by molar-refractivity contribution is -0.119. The maximum Gasteiger partial charge on any atom is 0.375 e. The summed E-state index contributed by atoms with van der Waals surface area (Å²) in [5.41, 5.74) is 1.85. The SMILES string of the molecule is CCOCc1c(C(=O)OCC(=O)Nc2ccccc2C(=O)NC2CCCC2)oc2ccccc12. The van der Waals surface area contributed by atoms with E-state index in [1.165, 1.54) is 0 Å². The first-order valence-corrected chi connectivity index (χ1v) is 11.5. The number of benzene rings is 2. The number of carbonyl (C=O) groups is 3. The molecule has 0 radical (unpaired) electrons. The van der Waals surface area contributed by atoms with E-state index < -0.39 is 18.5 Å². The van der Waals surface area contributed by atoms with Crippen molar-refractivity contribution in [2.24, 2.45) is 0 Å². The lowest BCUT2D eigenvalue weighted by atomic mass is 10.1. The molecule has 8 nitrogen and oxygen atoms in total. The zero-order chi connectivity index (χ0) is 23.9. The molecule has 1 saturated carbocycles. The van der Waals surface area contributed by atoms with Gasteiger partial charge < -0.3 is 24.5 Å². The van der Waals surface area contributed by atoms with Gasteiger partial charge in [-0.3, -0.25) is 9.59 Å². The number of esters is 1. The minimum atomic E-state index is -0.756. The Bertz CT molecular complexity index is 1180. The molecule has 2 amide bonds. The summed E-state index contributed by atoms with van der Waals surface area (Å²) in [6.07, 6.45) is 4.13. The maximum atomic E-state index is 12.7. The van der Waals surface area contributed by atoms with E-state index in [1.807, 2.05) is 19.1 Å². The van der Waals surface area contributed by atoms with Gasteiger partial charge in [0.25, 0.3) is 11.8 Å². The van der Waals surface area contributed by atoms with Crippen molar-refractivity contribution in [1.82, 2.24) is 5.32 Å². The van der Waals surface area contributed by atoms with E-state index >= 15 is 0 Å². The van der Waals surface area contributed by atoms with Gasteiger partial charge in [-0.05, 0) is 38.0 Å². The Balaban J connectivity index is 1.40. The molecule has 1 heterocycles. The second kappa shape index (κ2) is 11.0. The molecule has 0 spiro atoms. The van der Waals surface area contributed by atoms with Crippen molar-refractivity contribution >= 4 is 34.4 Å². The van der Waals surface area contributed by atoms with Crippen LogP contribution >= 0.6 is 0 Å². The number of amides is 2. The van der Waals surface area contributed by atoms with Crippen LogP contribution < -0.4 is 10.6 Å². The van der Waals surface area contributed by atoms with Crippen LogP contribution in [-0.4, -0.2) is 37.0 Å². The summed E-state index contributed by atoms with van der Waals surface area (Å²) in [5, 5.41) is 6.44. The molecule has 2 aromatic carbocycles. The summed E-state index contributed by atoms with van der Waals surface area (Å²) in [7, 11) is 0. The molecule has 8 heteroatoms. The smallest absolute Gasteiger partial charge is 0.375 e. The van der Waals surface area contributed by atoms with Crippen molar-refractivity contribution in [3.05, 3.63) is 65.4 Å². The van der Waals surface area contributed by atoms with Gasteiger partial charge in [0, 0.05) is 23.6 Å². The van der Waals surface area contributed by atoms with Crippen molar-refractivity contribution in [2.75, 3.05) is 18.5 Å². The quantitative estimate of drug-likeness (QED) is 0.454. The highest BCUT2D eigenvalue weighted by molar-refractivity contribution is 6.04. The largest absolute Gasteiger partial charge is 0.450 e. The molecule has 1 aliphatic rings. The molecule has 0 saturated heterocycles. The second-order valence-electron chi connectivity index (χ2n) is 8.17. The number of nitrogens with one attached hydrogen (secondary N) is 2. The second-order valence-corrected chi connectivity index (χ2v) is 8.17. The fourth-order valence-corrected chi connectivity index (χ4v) is 4.12. The number of furan rings is 1. The van der Waals surface area contributed by atoms with Gasteiger partial charge >= 0.3 is 5.97 Å². The van der Waals surface area contributed by atoms with Gasteiger partial charge in [0.15, 0.2) is 6.61 Å². The first-order chi connectivity index (χ1) is 16.6. The Morgan fingerprint density at radius 1 is 1.03 bits per heavy atom. The van der Waals surface area contributed by atoms with Crippen LogP contribution in [0.2, 0.25) is 0 Å². The molecule has 0 atom stereocenters. The van der Waals surface area contributed by atoms with Crippen LogP contribution in [0.25, 0.3) is 11.0 Å². The molecular formula is C26H28N2O6. The minimum Gasteiger partial charge on any atom is -0.450 e. The molecule has 34 heavy (non-hydrogen) atoms. The molecule has 3 aromatic rings. The predicted molar refractivity (Wildman–Crippen MR) is 127 cm³/mol. The Labute approximate surface area is 197 Å². The van der Waals surface area contributed by atoms with E-state index in [9.17, 15) is 14.4 Å². The van der Waals surface area contributed by atoms with Crippen LogP contribution in [0.1, 0.15) is 59.1 Å². The first-order valence-electron chi connectivity index (χ1n) is 11.5. The normalized spacial score (nSPS) is 13.7. The summed E-state index contributed by atoms with van der Waals surface area (Å²) in [6, 6.07) is 14.2. The van der Waals surface area contributed by atoms with Crippen LogP contribution in [0.5, 0.6) is 0 Å². The van der Waals surface area contributed by atoms with E-state index in [0.29, 0.717) is 29.0 Å². The summed E-state index contributed by atoms with van der Waals surface area (Å²) in [4.78, 5) is 37.9. The number of rotatable bonds is 9. The number of para-hydroxylation sites is 2. The van der Waals surface area contributed by atoms with Crippen molar-refractivity contribution < 1.29 is 28.3 Å². The molecule has 4 rings (SSSR count). The highest BCUT2D eigenvalue weighted by Gasteiger charge is 2.24. The van der Waals surface area contributed by atoms with E-state index in [1.54, 1.807) is 36.4 Å². The number of hydrogen-bond acceptors (Lipinski definition) is 6. The van der Waals surface area contributed by atoms with Crippen molar-refractivity contribution in [2.45, 2.75) is 45.3 Å². The molecule has 0 aliphatic heterocycles. The third kappa shape index (κ3) is 5.46. The standard InChI is InChI=1S/C26H28N2O6/c1-2-32-15-20-18-11-6-8-14-22(18)34-24(20)26(31)33-16-23(29)28-21-13-7-5-12-19(21)25(30)27-17-9-3-4-10-17/h5-8,11-14,17H,2-4,9-10,15-16H2,1H3,(H,27,30)(H,28,29). The third-order valence-electron chi connectivity index (χ3n) is 5.80. The molecule has 1 aromatic heterocycles. The molecule has 1 aliphatic carbocycles. The third-order valence-corrected chi connectivity index (χ3v) is 5.80. The highest BCUT2D eigenvalue weighted by atomic mass is 16.5. The fraction of sp³-hybridized carbons (Fsp3) is 0.346. The Morgan fingerprint density at radius 3 is 2.56 bits per heavy atom. The van der Waals surface area contributed by atoms with E-state index in [4.69, 9.17) is 13.9 Å². The summed E-state index contributed by atoms with van der Waals surface area (Å²) in [5.74, 6) is -1.54. The van der Waals surface area contributed by atoms with Crippen LogP contribution in [0.3, 0.4) is 0 Å². The van der Waals surface area contributed by atoms with Gasteiger partial charge in [0.05, 0.1) is 17.9 Å². The molecule has 1 fully saturated rings. The molecule has 178 valence electrons. The van der Waals surface area contributed by atoms with Gasteiger partial charge in [0.1, 0.15) is 5.58 Å². The number of fused-ring (bicyclic) bond motifs is 1. The van der Waals surface area contributed by atoms with Crippen LogP contribution in [0.15, 0.2) is 52.9 Å². The van der Waals surface area contributed by atoms with E-state index in [2.05, 4.69) is 10.6 Å². The number of carbonyl (C=O) groups excluding carboxylic acids is 3. The van der Waals surface area contributed by atoms with E-state index in [0.717, 1.165) is 31.1 Å².